The molecule has 32 heavy (non-hydrogen) atoms. The van der Waals surface area contributed by atoms with Crippen molar-refractivity contribution in [2.24, 2.45) is 7.05 Å². The normalized spacial score (nSPS) is 19.8. The maximum Gasteiger partial charge on any atom is 0.257 e. The molecule has 2 aliphatic rings. The van der Waals surface area contributed by atoms with Gasteiger partial charge < -0.3 is 4.90 Å². The van der Waals surface area contributed by atoms with Crippen molar-refractivity contribution >= 4 is 5.91 Å². The summed E-state index contributed by atoms with van der Waals surface area (Å²) in [6, 6.07) is 5.93. The average molecular weight is 443 g/mol. The summed E-state index contributed by atoms with van der Waals surface area (Å²) in [5, 5.41) is 4.58. The van der Waals surface area contributed by atoms with E-state index in [1.807, 2.05) is 0 Å². The van der Waals surface area contributed by atoms with Crippen molar-refractivity contribution in [1.82, 2.24) is 14.7 Å². The van der Waals surface area contributed by atoms with Gasteiger partial charge in [-0.25, -0.2) is 17.6 Å². The van der Waals surface area contributed by atoms with Gasteiger partial charge >= 0.3 is 0 Å². The zero-order chi connectivity index (χ0) is 22.7. The zero-order valence-corrected chi connectivity index (χ0v) is 17.6. The van der Waals surface area contributed by atoms with Gasteiger partial charge in [-0.1, -0.05) is 6.07 Å². The van der Waals surface area contributed by atoms with Crippen LogP contribution in [0, 0.1) is 30.2 Å². The van der Waals surface area contributed by atoms with Gasteiger partial charge in [0.1, 0.15) is 5.82 Å². The van der Waals surface area contributed by atoms with Gasteiger partial charge in [0, 0.05) is 24.2 Å². The number of aryl methyl sites for hydroxylation is 2. The van der Waals surface area contributed by atoms with Crippen molar-refractivity contribution in [1.29, 1.82) is 0 Å². The minimum Gasteiger partial charge on any atom is -0.327 e. The Labute approximate surface area is 182 Å². The SMILES string of the molecule is Cc1ccc(C(=O)N2[C@H]3CCC[C@@H]2c2nn(C)c(-c4cc(F)c(F)c(F)c4)c2C3)c(F)c1. The van der Waals surface area contributed by atoms with E-state index in [-0.39, 0.29) is 29.1 Å². The van der Waals surface area contributed by atoms with Crippen LogP contribution in [-0.4, -0.2) is 26.6 Å². The Bertz CT molecular complexity index is 1230. The Morgan fingerprint density at radius 2 is 1.75 bits per heavy atom. The number of nitrogens with zero attached hydrogens (tertiary/aromatic N) is 3. The standard InChI is InChI=1S/C24H21F4N3O/c1-12-6-7-15(17(25)8-12)24(32)31-14-4-3-5-20(31)22-16(11-14)23(30(2)29-22)13-9-18(26)21(28)19(27)10-13/h6-10,14,20H,3-5,11H2,1-2H3/t14-,20+/m0/s1. The van der Waals surface area contributed by atoms with Gasteiger partial charge in [0.25, 0.3) is 5.91 Å². The molecule has 1 amide bonds. The summed E-state index contributed by atoms with van der Waals surface area (Å²) in [4.78, 5) is 15.1. The highest BCUT2D eigenvalue weighted by Crippen LogP contribution is 2.45. The third kappa shape index (κ3) is 3.12. The largest absolute Gasteiger partial charge is 0.327 e. The van der Waals surface area contributed by atoms with Crippen LogP contribution < -0.4 is 0 Å². The summed E-state index contributed by atoms with van der Waals surface area (Å²) in [5.41, 5.74) is 2.89. The molecule has 0 radical (unpaired) electrons. The maximum absolute atomic E-state index is 14.6. The number of carbonyl (C=O) groups excluding carboxylic acids is 1. The van der Waals surface area contributed by atoms with E-state index in [2.05, 4.69) is 5.10 Å². The van der Waals surface area contributed by atoms with Crippen LogP contribution >= 0.6 is 0 Å². The number of aromatic nitrogens is 2. The Kier molecular flexibility index (Phi) is 4.83. The summed E-state index contributed by atoms with van der Waals surface area (Å²) in [6.07, 6.45) is 2.70. The lowest BCUT2D eigenvalue weighted by atomic mass is 9.81. The van der Waals surface area contributed by atoms with Gasteiger partial charge in [0.15, 0.2) is 17.5 Å². The molecule has 1 aromatic heterocycles. The average Bonchev–Trinajstić information content (AvgIpc) is 3.06. The molecule has 3 heterocycles. The van der Waals surface area contributed by atoms with Crippen LogP contribution in [0.25, 0.3) is 11.3 Å². The Hall–Kier alpha value is -3.16. The van der Waals surface area contributed by atoms with Gasteiger partial charge in [0.2, 0.25) is 0 Å². The molecular weight excluding hydrogens is 422 g/mol. The predicted octanol–water partition coefficient (Wildman–Crippen LogP) is 5.24. The fraction of sp³-hybridized carbons (Fsp3) is 0.333. The molecule has 5 rings (SSSR count). The first kappa shape index (κ1) is 20.7. The van der Waals surface area contributed by atoms with E-state index in [4.69, 9.17) is 0 Å². The number of rotatable bonds is 2. The van der Waals surface area contributed by atoms with Crippen LogP contribution in [0.1, 0.15) is 52.5 Å². The summed E-state index contributed by atoms with van der Waals surface area (Å²) in [7, 11) is 1.66. The smallest absolute Gasteiger partial charge is 0.257 e. The van der Waals surface area contributed by atoms with Crippen LogP contribution in [0.3, 0.4) is 0 Å². The Balaban J connectivity index is 1.60. The molecule has 2 aliphatic heterocycles. The van der Waals surface area contributed by atoms with Crippen LogP contribution in [0.5, 0.6) is 0 Å². The molecule has 0 saturated carbocycles. The molecule has 166 valence electrons. The van der Waals surface area contributed by atoms with E-state index in [1.54, 1.807) is 24.9 Å². The van der Waals surface area contributed by atoms with E-state index < -0.39 is 23.3 Å². The molecular formula is C24H21F4N3O. The number of amides is 1. The number of hydrogen-bond donors (Lipinski definition) is 0. The molecule has 0 spiro atoms. The lowest BCUT2D eigenvalue weighted by Gasteiger charge is -2.45. The van der Waals surface area contributed by atoms with E-state index in [9.17, 15) is 22.4 Å². The third-order valence-corrected chi connectivity index (χ3v) is 6.52. The molecule has 2 aromatic carbocycles. The first-order valence-electron chi connectivity index (χ1n) is 10.6. The van der Waals surface area contributed by atoms with Crippen LogP contribution in [0.2, 0.25) is 0 Å². The minimum absolute atomic E-state index is 0.0229. The van der Waals surface area contributed by atoms with E-state index in [0.717, 1.165) is 36.1 Å². The highest BCUT2D eigenvalue weighted by Gasteiger charge is 2.44. The quantitative estimate of drug-likeness (QED) is 0.401. The van der Waals surface area contributed by atoms with Gasteiger partial charge in [-0.15, -0.1) is 0 Å². The molecule has 2 atom stereocenters. The van der Waals surface area contributed by atoms with Crippen LogP contribution in [-0.2, 0) is 13.5 Å². The second-order valence-corrected chi connectivity index (χ2v) is 8.59. The molecule has 0 unspecified atom stereocenters. The highest BCUT2D eigenvalue weighted by molar-refractivity contribution is 5.95. The second kappa shape index (κ2) is 7.46. The fourth-order valence-electron chi connectivity index (χ4n) is 5.13. The number of piperidine rings is 1. The van der Waals surface area contributed by atoms with Crippen molar-refractivity contribution in [3.05, 3.63) is 76.0 Å². The number of carbonyl (C=O) groups is 1. The molecule has 2 bridgehead atoms. The van der Waals surface area contributed by atoms with Gasteiger partial charge in [-0.3, -0.25) is 9.48 Å². The number of halogens is 4. The number of benzene rings is 2. The van der Waals surface area contributed by atoms with Crippen molar-refractivity contribution in [3.63, 3.8) is 0 Å². The first-order valence-corrected chi connectivity index (χ1v) is 10.6. The monoisotopic (exact) mass is 443 g/mol. The predicted molar refractivity (Wildman–Crippen MR) is 110 cm³/mol. The zero-order valence-electron chi connectivity index (χ0n) is 17.6. The highest BCUT2D eigenvalue weighted by atomic mass is 19.2. The van der Waals surface area contributed by atoms with Crippen LogP contribution in [0.4, 0.5) is 17.6 Å². The number of hydrogen-bond acceptors (Lipinski definition) is 2. The molecule has 4 nitrogen and oxygen atoms in total. The molecule has 1 saturated heterocycles. The van der Waals surface area contributed by atoms with Crippen LogP contribution in [0.15, 0.2) is 30.3 Å². The molecule has 1 fully saturated rings. The molecule has 8 heteroatoms. The summed E-state index contributed by atoms with van der Waals surface area (Å²) in [5.74, 6) is -4.99. The van der Waals surface area contributed by atoms with Crippen molar-refractivity contribution in [3.8, 4) is 11.3 Å². The maximum atomic E-state index is 14.6. The topological polar surface area (TPSA) is 38.1 Å². The molecule has 0 N–H and O–H groups in total. The first-order chi connectivity index (χ1) is 15.3. The third-order valence-electron chi connectivity index (χ3n) is 6.52. The Morgan fingerprint density at radius 1 is 1.03 bits per heavy atom. The lowest BCUT2D eigenvalue weighted by molar-refractivity contribution is 0.0387. The summed E-state index contributed by atoms with van der Waals surface area (Å²) >= 11 is 0. The minimum atomic E-state index is -1.52. The van der Waals surface area contributed by atoms with Crippen molar-refractivity contribution < 1.29 is 22.4 Å². The van der Waals surface area contributed by atoms with Gasteiger partial charge in [0.05, 0.1) is 23.0 Å². The molecule has 0 aliphatic carbocycles. The van der Waals surface area contributed by atoms with E-state index in [1.165, 1.54) is 16.8 Å². The summed E-state index contributed by atoms with van der Waals surface area (Å²) < 4.78 is 57.4. The Morgan fingerprint density at radius 3 is 2.44 bits per heavy atom. The summed E-state index contributed by atoms with van der Waals surface area (Å²) in [6.45, 7) is 1.76. The second-order valence-electron chi connectivity index (χ2n) is 8.59. The lowest BCUT2D eigenvalue weighted by Crippen LogP contribution is -2.50. The molecule has 3 aromatic rings. The van der Waals surface area contributed by atoms with E-state index in [0.29, 0.717) is 24.2 Å². The number of fused-ring (bicyclic) bond motifs is 4. The van der Waals surface area contributed by atoms with Crippen molar-refractivity contribution in [2.45, 2.75) is 44.7 Å². The van der Waals surface area contributed by atoms with Gasteiger partial charge in [-0.2, -0.15) is 5.10 Å². The van der Waals surface area contributed by atoms with E-state index >= 15 is 0 Å². The van der Waals surface area contributed by atoms with Gasteiger partial charge in [-0.05, 0) is 62.4 Å². The van der Waals surface area contributed by atoms with Crippen molar-refractivity contribution in [2.75, 3.05) is 0 Å². The fourth-order valence-corrected chi connectivity index (χ4v) is 5.13.